The molecule has 0 unspecified atom stereocenters. The number of hydrogen-bond acceptors (Lipinski definition) is 3. The van der Waals surface area contributed by atoms with Crippen LogP contribution in [0.5, 0.6) is 0 Å². The molecule has 112 valence electrons. The summed E-state index contributed by atoms with van der Waals surface area (Å²) in [6, 6.07) is 3.38. The highest BCUT2D eigenvalue weighted by Gasteiger charge is 2.19. The highest BCUT2D eigenvalue weighted by atomic mass is 35.5. The van der Waals surface area contributed by atoms with E-state index in [4.69, 9.17) is 16.3 Å². The standard InChI is InChI=1S/C15H23ClN2O2/c1-5-12-8-11(9-13(16)18-12)14(19)17-10-15(2,3)6-7-20-4/h8-9H,5-7,10H2,1-4H3,(H,17,19). The molecule has 1 aromatic rings. The quantitative estimate of drug-likeness (QED) is 0.787. The normalized spacial score (nSPS) is 11.4. The van der Waals surface area contributed by atoms with E-state index in [2.05, 4.69) is 24.1 Å². The molecule has 0 radical (unpaired) electrons. The highest BCUT2D eigenvalue weighted by Crippen LogP contribution is 2.19. The van der Waals surface area contributed by atoms with Gasteiger partial charge in [0, 0.05) is 31.5 Å². The molecule has 1 aromatic heterocycles. The fraction of sp³-hybridized carbons (Fsp3) is 0.600. The van der Waals surface area contributed by atoms with Gasteiger partial charge in [0.05, 0.1) is 0 Å². The van der Waals surface area contributed by atoms with E-state index in [1.165, 1.54) is 0 Å². The SMILES string of the molecule is CCc1cc(C(=O)NCC(C)(C)CCOC)cc(Cl)n1. The molecule has 1 amide bonds. The second-order valence-corrected chi connectivity index (χ2v) is 6.00. The topological polar surface area (TPSA) is 51.2 Å². The van der Waals surface area contributed by atoms with Crippen LogP contribution in [0.25, 0.3) is 0 Å². The van der Waals surface area contributed by atoms with Crippen LogP contribution in [0, 0.1) is 5.41 Å². The Balaban J connectivity index is 2.65. The number of pyridine rings is 1. The highest BCUT2D eigenvalue weighted by molar-refractivity contribution is 6.29. The van der Waals surface area contributed by atoms with Gasteiger partial charge in [0.25, 0.3) is 5.91 Å². The molecule has 0 aliphatic rings. The van der Waals surface area contributed by atoms with E-state index in [0.717, 1.165) is 18.5 Å². The maximum absolute atomic E-state index is 12.2. The zero-order valence-electron chi connectivity index (χ0n) is 12.6. The van der Waals surface area contributed by atoms with Gasteiger partial charge >= 0.3 is 0 Å². The minimum Gasteiger partial charge on any atom is -0.385 e. The van der Waals surface area contributed by atoms with Crippen LogP contribution in [-0.2, 0) is 11.2 Å². The van der Waals surface area contributed by atoms with Gasteiger partial charge in [0.15, 0.2) is 0 Å². The van der Waals surface area contributed by atoms with Crippen molar-refractivity contribution in [3.05, 3.63) is 28.5 Å². The van der Waals surface area contributed by atoms with Gasteiger partial charge in [0.2, 0.25) is 0 Å². The molecule has 0 spiro atoms. The first-order chi connectivity index (χ1) is 9.38. The molecule has 0 aromatic carbocycles. The van der Waals surface area contributed by atoms with E-state index < -0.39 is 0 Å². The number of nitrogens with one attached hydrogen (secondary N) is 1. The molecular formula is C15H23ClN2O2. The predicted octanol–water partition coefficient (Wildman–Crippen LogP) is 3.09. The van der Waals surface area contributed by atoms with Gasteiger partial charge in [0.1, 0.15) is 5.15 Å². The Morgan fingerprint density at radius 1 is 1.45 bits per heavy atom. The molecule has 20 heavy (non-hydrogen) atoms. The van der Waals surface area contributed by atoms with Gasteiger partial charge in [-0.25, -0.2) is 4.98 Å². The molecule has 0 bridgehead atoms. The fourth-order valence-corrected chi connectivity index (χ4v) is 1.98. The van der Waals surface area contributed by atoms with Gasteiger partial charge in [-0.3, -0.25) is 4.79 Å². The Morgan fingerprint density at radius 2 is 2.15 bits per heavy atom. The van der Waals surface area contributed by atoms with Crippen molar-refractivity contribution >= 4 is 17.5 Å². The van der Waals surface area contributed by atoms with Crippen molar-refractivity contribution in [1.82, 2.24) is 10.3 Å². The van der Waals surface area contributed by atoms with E-state index in [1.54, 1.807) is 19.2 Å². The largest absolute Gasteiger partial charge is 0.385 e. The number of ether oxygens (including phenoxy) is 1. The Kier molecular flexibility index (Phi) is 6.43. The molecule has 1 N–H and O–H groups in total. The zero-order valence-corrected chi connectivity index (χ0v) is 13.4. The Bertz CT molecular complexity index is 461. The first-order valence-corrected chi connectivity index (χ1v) is 7.19. The molecule has 1 heterocycles. The predicted molar refractivity (Wildman–Crippen MR) is 81.2 cm³/mol. The van der Waals surface area contributed by atoms with E-state index in [9.17, 15) is 4.79 Å². The van der Waals surface area contributed by atoms with E-state index in [-0.39, 0.29) is 11.3 Å². The van der Waals surface area contributed by atoms with Crippen molar-refractivity contribution in [2.75, 3.05) is 20.3 Å². The maximum Gasteiger partial charge on any atom is 0.251 e. The minimum absolute atomic E-state index is 0.00389. The summed E-state index contributed by atoms with van der Waals surface area (Å²) < 4.78 is 5.08. The number of rotatable bonds is 7. The van der Waals surface area contributed by atoms with Crippen LogP contribution >= 0.6 is 11.6 Å². The maximum atomic E-state index is 12.2. The van der Waals surface area contributed by atoms with Crippen LogP contribution in [-0.4, -0.2) is 31.2 Å². The van der Waals surface area contributed by atoms with Gasteiger partial charge in [-0.05, 0) is 30.4 Å². The lowest BCUT2D eigenvalue weighted by atomic mass is 9.89. The summed E-state index contributed by atoms with van der Waals surface area (Å²) in [5.74, 6) is -0.116. The summed E-state index contributed by atoms with van der Waals surface area (Å²) in [7, 11) is 1.68. The van der Waals surface area contributed by atoms with Crippen LogP contribution < -0.4 is 5.32 Å². The molecular weight excluding hydrogens is 276 g/mol. The summed E-state index contributed by atoms with van der Waals surface area (Å²) in [6.45, 7) is 7.46. The number of nitrogens with zero attached hydrogens (tertiary/aromatic N) is 1. The zero-order chi connectivity index (χ0) is 15.2. The summed E-state index contributed by atoms with van der Waals surface area (Å²) >= 11 is 5.92. The van der Waals surface area contributed by atoms with Crippen LogP contribution in [0.4, 0.5) is 0 Å². The van der Waals surface area contributed by atoms with Crippen molar-refractivity contribution in [3.8, 4) is 0 Å². The van der Waals surface area contributed by atoms with E-state index >= 15 is 0 Å². The molecule has 0 atom stereocenters. The lowest BCUT2D eigenvalue weighted by Gasteiger charge is -2.24. The van der Waals surface area contributed by atoms with E-state index in [1.807, 2.05) is 6.92 Å². The molecule has 5 heteroatoms. The third kappa shape index (κ3) is 5.47. The van der Waals surface area contributed by atoms with Crippen molar-refractivity contribution in [2.24, 2.45) is 5.41 Å². The first kappa shape index (κ1) is 16.9. The number of carbonyl (C=O) groups is 1. The fourth-order valence-electron chi connectivity index (χ4n) is 1.75. The molecule has 0 fully saturated rings. The molecule has 0 saturated carbocycles. The van der Waals surface area contributed by atoms with E-state index in [0.29, 0.717) is 23.9 Å². The lowest BCUT2D eigenvalue weighted by molar-refractivity contribution is 0.0920. The third-order valence-corrected chi connectivity index (χ3v) is 3.38. The van der Waals surface area contributed by atoms with Gasteiger partial charge in [-0.2, -0.15) is 0 Å². The Morgan fingerprint density at radius 3 is 2.75 bits per heavy atom. The van der Waals surface area contributed by atoms with Crippen LogP contribution in [0.3, 0.4) is 0 Å². The molecule has 0 saturated heterocycles. The minimum atomic E-state index is -0.116. The van der Waals surface area contributed by atoms with Crippen molar-refractivity contribution in [3.63, 3.8) is 0 Å². The van der Waals surface area contributed by atoms with Crippen LogP contribution in [0.1, 0.15) is 43.2 Å². The average molecular weight is 299 g/mol. The summed E-state index contributed by atoms with van der Waals surface area (Å²) in [5.41, 5.74) is 1.38. The lowest BCUT2D eigenvalue weighted by Crippen LogP contribution is -2.34. The summed E-state index contributed by atoms with van der Waals surface area (Å²) in [6.07, 6.45) is 1.64. The summed E-state index contributed by atoms with van der Waals surface area (Å²) in [5, 5.41) is 3.30. The third-order valence-electron chi connectivity index (χ3n) is 3.18. The Hall–Kier alpha value is -1.13. The van der Waals surface area contributed by atoms with Crippen LogP contribution in [0.15, 0.2) is 12.1 Å². The monoisotopic (exact) mass is 298 g/mol. The van der Waals surface area contributed by atoms with Crippen molar-refractivity contribution < 1.29 is 9.53 Å². The Labute approximate surface area is 125 Å². The number of hydrogen-bond donors (Lipinski definition) is 1. The van der Waals surface area contributed by atoms with Crippen LogP contribution in [0.2, 0.25) is 5.15 Å². The molecule has 1 rings (SSSR count). The number of amides is 1. The number of halogens is 1. The number of aromatic nitrogens is 1. The first-order valence-electron chi connectivity index (χ1n) is 6.81. The average Bonchev–Trinajstić information content (AvgIpc) is 2.42. The second-order valence-electron chi connectivity index (χ2n) is 5.61. The summed E-state index contributed by atoms with van der Waals surface area (Å²) in [4.78, 5) is 16.3. The molecule has 0 aliphatic carbocycles. The van der Waals surface area contributed by atoms with Gasteiger partial charge < -0.3 is 10.1 Å². The van der Waals surface area contributed by atoms with Crippen molar-refractivity contribution in [1.29, 1.82) is 0 Å². The number of carbonyl (C=O) groups excluding carboxylic acids is 1. The smallest absolute Gasteiger partial charge is 0.251 e. The second kappa shape index (κ2) is 7.60. The number of aryl methyl sites for hydroxylation is 1. The van der Waals surface area contributed by atoms with Gasteiger partial charge in [-0.15, -0.1) is 0 Å². The molecule has 4 nitrogen and oxygen atoms in total. The van der Waals surface area contributed by atoms with Crippen molar-refractivity contribution in [2.45, 2.75) is 33.6 Å². The molecule has 0 aliphatic heterocycles. The van der Waals surface area contributed by atoms with Gasteiger partial charge in [-0.1, -0.05) is 32.4 Å². The number of methoxy groups -OCH3 is 1.